The molecule has 2 bridgehead atoms. The van der Waals surface area contributed by atoms with Gasteiger partial charge in [0.05, 0.1) is 18.8 Å². The lowest BCUT2D eigenvalue weighted by Gasteiger charge is -2.09. The van der Waals surface area contributed by atoms with Crippen LogP contribution in [0.25, 0.3) is 0 Å². The summed E-state index contributed by atoms with van der Waals surface area (Å²) in [6, 6.07) is 1.39. The zero-order valence-corrected chi connectivity index (χ0v) is 4.11. The molecule has 2 aliphatic heterocycles. The van der Waals surface area contributed by atoms with Gasteiger partial charge in [0.1, 0.15) is 0 Å². The number of nitrogens with one attached hydrogen (secondary N) is 1. The molecule has 0 aromatic rings. The van der Waals surface area contributed by atoms with Crippen molar-refractivity contribution in [2.24, 2.45) is 0 Å². The van der Waals surface area contributed by atoms with Gasteiger partial charge in [0.25, 0.3) is 0 Å². The molecule has 2 nitrogen and oxygen atoms in total. The van der Waals surface area contributed by atoms with E-state index in [4.69, 9.17) is 4.74 Å². The maximum Gasteiger partial charge on any atom is 0.0719 e. The Kier molecular flexibility index (Phi) is 0.664. The monoisotopic (exact) mass is 98.1 g/mol. The highest BCUT2D eigenvalue weighted by Crippen LogP contribution is 2.23. The molecule has 1 unspecified atom stereocenters. The Morgan fingerprint density at radius 1 is 1.71 bits per heavy atom. The van der Waals surface area contributed by atoms with Crippen LogP contribution in [0.5, 0.6) is 0 Å². The fourth-order valence-corrected chi connectivity index (χ4v) is 1.12. The van der Waals surface area contributed by atoms with E-state index in [1.54, 1.807) is 0 Å². The molecular weight excluding hydrogens is 90.1 g/mol. The summed E-state index contributed by atoms with van der Waals surface area (Å²) in [6.07, 6.45) is 1.69. The van der Waals surface area contributed by atoms with Crippen LogP contribution in [0.3, 0.4) is 0 Å². The standard InChI is InChI=1S/C5H8NO/c1-4-3-7-5(1)2-6-4/h5-6H,1-3H2. The van der Waals surface area contributed by atoms with E-state index >= 15 is 0 Å². The molecule has 0 aliphatic carbocycles. The first-order valence-corrected chi connectivity index (χ1v) is 2.65. The van der Waals surface area contributed by atoms with Crippen molar-refractivity contribution < 1.29 is 4.74 Å². The average molecular weight is 98.1 g/mol. The number of hydrogen-bond acceptors (Lipinski definition) is 2. The van der Waals surface area contributed by atoms with Crippen molar-refractivity contribution in [3.8, 4) is 0 Å². The van der Waals surface area contributed by atoms with Crippen LogP contribution in [0, 0.1) is 6.04 Å². The molecule has 7 heavy (non-hydrogen) atoms. The molecule has 2 rings (SSSR count). The topological polar surface area (TPSA) is 21.3 Å². The van der Waals surface area contributed by atoms with Crippen LogP contribution < -0.4 is 5.32 Å². The van der Waals surface area contributed by atoms with E-state index in [1.807, 2.05) is 0 Å². The third-order valence-electron chi connectivity index (χ3n) is 1.55. The second-order valence-electron chi connectivity index (χ2n) is 2.12. The van der Waals surface area contributed by atoms with E-state index in [0.717, 1.165) is 13.2 Å². The second-order valence-corrected chi connectivity index (χ2v) is 2.12. The van der Waals surface area contributed by atoms with Gasteiger partial charge in [-0.2, -0.15) is 0 Å². The normalized spacial score (nSPS) is 40.3. The second kappa shape index (κ2) is 1.20. The summed E-state index contributed by atoms with van der Waals surface area (Å²) < 4.78 is 5.25. The van der Waals surface area contributed by atoms with Crippen LogP contribution in [-0.4, -0.2) is 19.3 Å². The van der Waals surface area contributed by atoms with E-state index in [2.05, 4.69) is 5.32 Å². The van der Waals surface area contributed by atoms with E-state index in [9.17, 15) is 0 Å². The fourth-order valence-electron chi connectivity index (χ4n) is 1.12. The Morgan fingerprint density at radius 3 is 2.86 bits per heavy atom. The van der Waals surface area contributed by atoms with E-state index in [-0.39, 0.29) is 0 Å². The summed E-state index contributed by atoms with van der Waals surface area (Å²) in [5.41, 5.74) is 0. The molecule has 2 heterocycles. The minimum atomic E-state index is 0.523. The van der Waals surface area contributed by atoms with Crippen LogP contribution in [0.15, 0.2) is 0 Å². The highest BCUT2D eigenvalue weighted by Gasteiger charge is 2.32. The molecule has 1 N–H and O–H groups in total. The van der Waals surface area contributed by atoms with Gasteiger partial charge in [0, 0.05) is 6.54 Å². The minimum absolute atomic E-state index is 0.523. The summed E-state index contributed by atoms with van der Waals surface area (Å²) in [6.45, 7) is 1.92. The molecule has 0 aromatic carbocycles. The number of hydrogen-bond donors (Lipinski definition) is 1. The van der Waals surface area contributed by atoms with Crippen molar-refractivity contribution in [3.63, 3.8) is 0 Å². The maximum absolute atomic E-state index is 5.25. The smallest absolute Gasteiger partial charge is 0.0719 e. The van der Waals surface area contributed by atoms with Gasteiger partial charge in [-0.1, -0.05) is 0 Å². The van der Waals surface area contributed by atoms with Gasteiger partial charge in [-0.25, -0.2) is 0 Å². The first-order valence-electron chi connectivity index (χ1n) is 2.65. The molecule has 2 fully saturated rings. The fraction of sp³-hybridized carbons (Fsp3) is 0.800. The lowest BCUT2D eigenvalue weighted by Crippen LogP contribution is -2.25. The van der Waals surface area contributed by atoms with E-state index in [0.29, 0.717) is 6.10 Å². The third kappa shape index (κ3) is 0.469. The van der Waals surface area contributed by atoms with Gasteiger partial charge in [-0.15, -0.1) is 0 Å². The number of morpholine rings is 1. The molecule has 0 amide bonds. The average Bonchev–Trinajstić information content (AvgIpc) is 2.22. The molecule has 0 saturated carbocycles. The number of ether oxygens (including phenoxy) is 1. The predicted molar refractivity (Wildman–Crippen MR) is 25.6 cm³/mol. The lowest BCUT2D eigenvalue weighted by atomic mass is 10.3. The summed E-state index contributed by atoms with van der Waals surface area (Å²) in [5.74, 6) is 0. The van der Waals surface area contributed by atoms with Gasteiger partial charge in [0.15, 0.2) is 0 Å². The van der Waals surface area contributed by atoms with Crippen molar-refractivity contribution >= 4 is 0 Å². The largest absolute Gasteiger partial charge is 0.375 e. The van der Waals surface area contributed by atoms with Gasteiger partial charge in [0.2, 0.25) is 0 Å². The Balaban J connectivity index is 2.12. The van der Waals surface area contributed by atoms with E-state index < -0.39 is 0 Å². The summed E-state index contributed by atoms with van der Waals surface area (Å²) in [4.78, 5) is 0. The van der Waals surface area contributed by atoms with Crippen molar-refractivity contribution in [1.29, 1.82) is 0 Å². The molecular formula is C5H8NO. The summed E-state index contributed by atoms with van der Waals surface area (Å²) in [5, 5.41) is 3.25. The molecule has 1 atom stereocenters. The summed E-state index contributed by atoms with van der Waals surface area (Å²) >= 11 is 0. The predicted octanol–water partition coefficient (Wildman–Crippen LogP) is -0.0895. The van der Waals surface area contributed by atoms with Crippen LogP contribution in [0.4, 0.5) is 0 Å². The molecule has 2 heteroatoms. The molecule has 1 radical (unpaired) electrons. The molecule has 0 spiro atoms. The molecule has 2 saturated heterocycles. The highest BCUT2D eigenvalue weighted by molar-refractivity contribution is 5.02. The van der Waals surface area contributed by atoms with Crippen molar-refractivity contribution in [1.82, 2.24) is 5.32 Å². The molecule has 39 valence electrons. The SMILES string of the molecule is C1OC2CN[C]1C2. The van der Waals surface area contributed by atoms with E-state index in [1.165, 1.54) is 12.5 Å². The number of fused-ring (bicyclic) bond motifs is 2. The Hall–Kier alpha value is -0.0800. The van der Waals surface area contributed by atoms with Gasteiger partial charge in [-0.05, 0) is 6.42 Å². The minimum Gasteiger partial charge on any atom is -0.375 e. The van der Waals surface area contributed by atoms with Crippen LogP contribution in [0.2, 0.25) is 0 Å². The highest BCUT2D eigenvalue weighted by atomic mass is 16.5. The van der Waals surface area contributed by atoms with Crippen molar-refractivity contribution in [2.45, 2.75) is 12.5 Å². The maximum atomic E-state index is 5.25. The third-order valence-corrected chi connectivity index (χ3v) is 1.55. The summed E-state index contributed by atoms with van der Waals surface area (Å²) in [7, 11) is 0. The van der Waals surface area contributed by atoms with Crippen LogP contribution in [0.1, 0.15) is 6.42 Å². The van der Waals surface area contributed by atoms with Crippen LogP contribution >= 0.6 is 0 Å². The zero-order valence-electron chi connectivity index (χ0n) is 4.11. The quantitative estimate of drug-likeness (QED) is 0.457. The zero-order chi connectivity index (χ0) is 4.69. The Bertz CT molecular complexity index is 66.1. The van der Waals surface area contributed by atoms with Crippen molar-refractivity contribution in [3.05, 3.63) is 6.04 Å². The Morgan fingerprint density at radius 2 is 2.71 bits per heavy atom. The Labute approximate surface area is 42.9 Å². The molecule has 2 aliphatic rings. The molecule has 0 aromatic heterocycles. The first kappa shape index (κ1) is 3.87. The lowest BCUT2D eigenvalue weighted by molar-refractivity contribution is 0.0991. The number of rotatable bonds is 0. The first-order chi connectivity index (χ1) is 3.45. The van der Waals surface area contributed by atoms with Crippen LogP contribution in [-0.2, 0) is 4.74 Å². The van der Waals surface area contributed by atoms with Gasteiger partial charge < -0.3 is 10.1 Å². The van der Waals surface area contributed by atoms with Gasteiger partial charge >= 0.3 is 0 Å². The van der Waals surface area contributed by atoms with Crippen molar-refractivity contribution in [2.75, 3.05) is 13.2 Å². The van der Waals surface area contributed by atoms with Gasteiger partial charge in [-0.3, -0.25) is 0 Å².